The molecule has 152 valence electrons. The number of nitrogens with one attached hydrogen (secondary N) is 1. The van der Waals surface area contributed by atoms with Crippen molar-refractivity contribution in [3.63, 3.8) is 0 Å². The molecule has 1 amide bonds. The number of benzene rings is 2. The molecule has 1 aliphatic heterocycles. The highest BCUT2D eigenvalue weighted by atomic mass is 16.5. The van der Waals surface area contributed by atoms with Crippen molar-refractivity contribution < 1.29 is 9.32 Å². The van der Waals surface area contributed by atoms with Crippen LogP contribution in [-0.2, 0) is 11.3 Å². The summed E-state index contributed by atoms with van der Waals surface area (Å²) in [5.41, 5.74) is 4.37. The van der Waals surface area contributed by atoms with Gasteiger partial charge in [0.25, 0.3) is 5.89 Å². The molecule has 4 aromatic rings. The van der Waals surface area contributed by atoms with Gasteiger partial charge in [-0.2, -0.15) is 4.98 Å². The maximum Gasteiger partial charge on any atom is 0.258 e. The van der Waals surface area contributed by atoms with Gasteiger partial charge in [-0.05, 0) is 35.2 Å². The van der Waals surface area contributed by atoms with Crippen molar-refractivity contribution in [2.75, 3.05) is 6.54 Å². The van der Waals surface area contributed by atoms with E-state index < -0.39 is 0 Å². The first-order valence-electron chi connectivity index (χ1n) is 10.3. The lowest BCUT2D eigenvalue weighted by Gasteiger charge is -2.16. The van der Waals surface area contributed by atoms with Gasteiger partial charge in [0.05, 0.1) is 0 Å². The monoisotopic (exact) mass is 400 g/mol. The summed E-state index contributed by atoms with van der Waals surface area (Å²) in [7, 11) is 0. The third kappa shape index (κ3) is 3.38. The Morgan fingerprint density at radius 1 is 1.17 bits per heavy atom. The Balaban J connectivity index is 1.32. The number of aromatic amines is 1. The zero-order valence-electron chi connectivity index (χ0n) is 17.1. The van der Waals surface area contributed by atoms with Gasteiger partial charge in [0, 0.05) is 48.1 Å². The van der Waals surface area contributed by atoms with Crippen LogP contribution in [0.15, 0.2) is 59.3 Å². The Morgan fingerprint density at radius 3 is 2.80 bits per heavy atom. The second-order valence-corrected chi connectivity index (χ2v) is 8.27. The number of fused-ring (bicyclic) bond motifs is 1. The quantitative estimate of drug-likeness (QED) is 0.519. The van der Waals surface area contributed by atoms with Crippen molar-refractivity contribution in [1.82, 2.24) is 20.0 Å². The number of carbonyl (C=O) groups is 1. The summed E-state index contributed by atoms with van der Waals surface area (Å²) in [6.07, 6.45) is 2.31. The fourth-order valence-corrected chi connectivity index (χ4v) is 4.11. The van der Waals surface area contributed by atoms with Crippen LogP contribution in [0.5, 0.6) is 0 Å². The molecule has 6 nitrogen and oxygen atoms in total. The number of H-pyrrole nitrogens is 1. The summed E-state index contributed by atoms with van der Waals surface area (Å²) in [5, 5.41) is 5.24. The second kappa shape index (κ2) is 7.44. The zero-order valence-corrected chi connectivity index (χ0v) is 17.1. The normalized spacial score (nSPS) is 16.8. The molecule has 1 aliphatic rings. The van der Waals surface area contributed by atoms with Gasteiger partial charge < -0.3 is 14.4 Å². The smallest absolute Gasteiger partial charge is 0.258 e. The topological polar surface area (TPSA) is 75.0 Å². The molecule has 0 saturated carbocycles. The molecule has 3 heterocycles. The van der Waals surface area contributed by atoms with Crippen molar-refractivity contribution in [3.05, 3.63) is 71.7 Å². The van der Waals surface area contributed by atoms with Crippen LogP contribution in [0.1, 0.15) is 49.1 Å². The maximum atomic E-state index is 12.6. The number of carbonyl (C=O) groups excluding carboxylic acids is 1. The maximum absolute atomic E-state index is 12.6. The average Bonchev–Trinajstić information content (AvgIpc) is 3.48. The van der Waals surface area contributed by atoms with Crippen LogP contribution in [0.4, 0.5) is 0 Å². The van der Waals surface area contributed by atoms with Crippen LogP contribution in [0.3, 0.4) is 0 Å². The van der Waals surface area contributed by atoms with Crippen molar-refractivity contribution in [2.24, 2.45) is 0 Å². The first kappa shape index (κ1) is 18.6. The summed E-state index contributed by atoms with van der Waals surface area (Å²) in [6.45, 7) is 5.58. The molecule has 1 fully saturated rings. The molecule has 1 unspecified atom stereocenters. The van der Waals surface area contributed by atoms with E-state index in [0.29, 0.717) is 37.1 Å². The highest BCUT2D eigenvalue weighted by molar-refractivity contribution is 5.92. The third-order valence-electron chi connectivity index (χ3n) is 5.87. The summed E-state index contributed by atoms with van der Waals surface area (Å²) < 4.78 is 5.56. The Bertz CT molecular complexity index is 1190. The van der Waals surface area contributed by atoms with E-state index in [0.717, 1.165) is 22.0 Å². The van der Waals surface area contributed by atoms with E-state index in [1.54, 1.807) is 0 Å². The zero-order chi connectivity index (χ0) is 20.7. The average molecular weight is 400 g/mol. The summed E-state index contributed by atoms with van der Waals surface area (Å²) in [4.78, 5) is 22.3. The summed E-state index contributed by atoms with van der Waals surface area (Å²) in [6, 6.07) is 16.5. The molecular weight excluding hydrogens is 376 g/mol. The molecule has 0 bridgehead atoms. The van der Waals surface area contributed by atoms with Gasteiger partial charge in [-0.25, -0.2) is 0 Å². The molecule has 6 heteroatoms. The molecule has 1 N–H and O–H groups in total. The van der Waals surface area contributed by atoms with Crippen molar-refractivity contribution in [1.29, 1.82) is 0 Å². The predicted octanol–water partition coefficient (Wildman–Crippen LogP) is 4.86. The van der Waals surface area contributed by atoms with E-state index in [4.69, 9.17) is 4.52 Å². The molecule has 2 aromatic heterocycles. The van der Waals surface area contributed by atoms with Gasteiger partial charge in [0.1, 0.15) is 0 Å². The van der Waals surface area contributed by atoms with E-state index in [2.05, 4.69) is 53.2 Å². The Morgan fingerprint density at radius 2 is 2.00 bits per heavy atom. The number of aromatic nitrogens is 3. The second-order valence-electron chi connectivity index (χ2n) is 8.27. The van der Waals surface area contributed by atoms with Crippen LogP contribution in [0.25, 0.3) is 22.4 Å². The summed E-state index contributed by atoms with van der Waals surface area (Å²) >= 11 is 0. The number of hydrogen-bond donors (Lipinski definition) is 1. The van der Waals surface area contributed by atoms with Crippen LogP contribution in [-0.4, -0.2) is 32.5 Å². The van der Waals surface area contributed by atoms with E-state index in [-0.39, 0.29) is 11.8 Å². The molecule has 0 aliphatic carbocycles. The van der Waals surface area contributed by atoms with E-state index >= 15 is 0 Å². The van der Waals surface area contributed by atoms with E-state index in [1.165, 1.54) is 5.56 Å². The minimum Gasteiger partial charge on any atom is -0.361 e. The van der Waals surface area contributed by atoms with Gasteiger partial charge in [-0.3, -0.25) is 4.79 Å². The number of rotatable bonds is 5. The lowest BCUT2D eigenvalue weighted by Crippen LogP contribution is -2.24. The molecule has 0 radical (unpaired) electrons. The molecule has 0 spiro atoms. The minimum atomic E-state index is -0.0460. The van der Waals surface area contributed by atoms with Crippen molar-refractivity contribution >= 4 is 16.8 Å². The van der Waals surface area contributed by atoms with Crippen LogP contribution in [0, 0.1) is 0 Å². The largest absolute Gasteiger partial charge is 0.361 e. The van der Waals surface area contributed by atoms with E-state index in [9.17, 15) is 4.79 Å². The highest BCUT2D eigenvalue weighted by Gasteiger charge is 2.33. The van der Waals surface area contributed by atoms with Gasteiger partial charge in [0.15, 0.2) is 5.82 Å². The molecule has 1 saturated heterocycles. The molecule has 1 atom stereocenters. The summed E-state index contributed by atoms with van der Waals surface area (Å²) in [5.74, 6) is 1.68. The number of likely N-dealkylation sites (tertiary alicyclic amines) is 1. The van der Waals surface area contributed by atoms with Crippen LogP contribution in [0.2, 0.25) is 0 Å². The van der Waals surface area contributed by atoms with Gasteiger partial charge in [0.2, 0.25) is 5.91 Å². The van der Waals surface area contributed by atoms with Gasteiger partial charge in [-0.1, -0.05) is 49.3 Å². The van der Waals surface area contributed by atoms with Crippen molar-refractivity contribution in [3.8, 4) is 11.5 Å². The first-order chi connectivity index (χ1) is 14.6. The molecular formula is C24H24N4O2. The fraction of sp³-hybridized carbons (Fsp3) is 0.292. The third-order valence-corrected chi connectivity index (χ3v) is 5.87. The van der Waals surface area contributed by atoms with Crippen molar-refractivity contribution in [2.45, 2.75) is 38.6 Å². The van der Waals surface area contributed by atoms with Gasteiger partial charge in [-0.15, -0.1) is 0 Å². The van der Waals surface area contributed by atoms with Crippen LogP contribution < -0.4 is 0 Å². The molecule has 30 heavy (non-hydrogen) atoms. The molecule has 5 rings (SSSR count). The fourth-order valence-electron chi connectivity index (χ4n) is 4.11. The number of nitrogens with zero attached hydrogens (tertiary/aromatic N) is 3. The van der Waals surface area contributed by atoms with E-state index in [1.807, 2.05) is 35.4 Å². The number of hydrogen-bond acceptors (Lipinski definition) is 4. The lowest BCUT2D eigenvalue weighted by molar-refractivity contribution is -0.128. The van der Waals surface area contributed by atoms with Crippen LogP contribution >= 0.6 is 0 Å². The minimum absolute atomic E-state index is 0.0460. The molecule has 2 aromatic carbocycles. The SMILES string of the molecule is CC(C)c1ccc(CN2CC(c3noc(-c4cccc5[nH]ccc45)n3)CC2=O)cc1. The highest BCUT2D eigenvalue weighted by Crippen LogP contribution is 2.31. The van der Waals surface area contributed by atoms with Gasteiger partial charge >= 0.3 is 0 Å². The lowest BCUT2D eigenvalue weighted by atomic mass is 10.0. The predicted molar refractivity (Wildman–Crippen MR) is 115 cm³/mol. The Kier molecular flexibility index (Phi) is 4.62. The Hall–Kier alpha value is -3.41. The standard InChI is InChI=1S/C24H24N4O2/c1-15(2)17-8-6-16(7-9-17)13-28-14-18(12-22(28)29)23-26-24(30-27-23)20-4-3-5-21-19(20)10-11-25-21/h3-11,15,18,25H,12-14H2,1-2H3. The first-order valence-corrected chi connectivity index (χ1v) is 10.3. The Labute approximate surface area is 174 Å². The number of amides is 1.